The van der Waals surface area contributed by atoms with E-state index in [0.717, 1.165) is 19.5 Å². The zero-order chi connectivity index (χ0) is 10.8. The van der Waals surface area contributed by atoms with Crippen LogP contribution in [0.5, 0.6) is 0 Å². The molecule has 1 aromatic rings. The van der Waals surface area contributed by atoms with Crippen molar-refractivity contribution in [2.45, 2.75) is 19.8 Å². The molecule has 0 aliphatic carbocycles. The Balaban J connectivity index is 2.11. The molecule has 1 aliphatic rings. The van der Waals surface area contributed by atoms with E-state index in [0.29, 0.717) is 11.6 Å². The van der Waals surface area contributed by atoms with Crippen LogP contribution in [0.3, 0.4) is 0 Å². The van der Waals surface area contributed by atoms with Crippen LogP contribution in [0, 0.1) is 5.92 Å². The standard InChI is InChI=1S/C11H17N3O/c1-9-4-3-7-14(8-9)11(15)10-5-6-12-13(10)2/h5-6,9H,3-4,7-8H2,1-2H3. The van der Waals surface area contributed by atoms with Crippen molar-refractivity contribution in [3.05, 3.63) is 18.0 Å². The van der Waals surface area contributed by atoms with Crippen molar-refractivity contribution < 1.29 is 4.79 Å². The molecule has 4 nitrogen and oxygen atoms in total. The Morgan fingerprint density at radius 1 is 1.60 bits per heavy atom. The molecule has 2 rings (SSSR count). The fourth-order valence-corrected chi connectivity index (χ4v) is 2.12. The molecule has 1 unspecified atom stereocenters. The monoisotopic (exact) mass is 207 g/mol. The van der Waals surface area contributed by atoms with Crippen LogP contribution >= 0.6 is 0 Å². The Labute approximate surface area is 89.9 Å². The van der Waals surface area contributed by atoms with Crippen molar-refractivity contribution in [3.63, 3.8) is 0 Å². The van der Waals surface area contributed by atoms with Gasteiger partial charge in [-0.3, -0.25) is 9.48 Å². The fraction of sp³-hybridized carbons (Fsp3) is 0.636. The number of piperidine rings is 1. The summed E-state index contributed by atoms with van der Waals surface area (Å²) in [4.78, 5) is 14.0. The second-order valence-corrected chi connectivity index (χ2v) is 4.34. The van der Waals surface area contributed by atoms with E-state index in [4.69, 9.17) is 0 Å². The number of aromatic nitrogens is 2. The number of hydrogen-bond acceptors (Lipinski definition) is 2. The zero-order valence-electron chi connectivity index (χ0n) is 9.31. The van der Waals surface area contributed by atoms with Crippen LogP contribution in [0.25, 0.3) is 0 Å². The Morgan fingerprint density at radius 3 is 3.00 bits per heavy atom. The second-order valence-electron chi connectivity index (χ2n) is 4.34. The number of carbonyl (C=O) groups is 1. The van der Waals surface area contributed by atoms with Crippen molar-refractivity contribution in [3.8, 4) is 0 Å². The zero-order valence-corrected chi connectivity index (χ0v) is 9.31. The fourth-order valence-electron chi connectivity index (χ4n) is 2.12. The molecule has 15 heavy (non-hydrogen) atoms. The van der Waals surface area contributed by atoms with E-state index < -0.39 is 0 Å². The first kappa shape index (κ1) is 10.2. The van der Waals surface area contributed by atoms with Gasteiger partial charge < -0.3 is 4.90 Å². The van der Waals surface area contributed by atoms with Crippen LogP contribution in [0.1, 0.15) is 30.3 Å². The van der Waals surface area contributed by atoms with Gasteiger partial charge in [0.25, 0.3) is 5.91 Å². The predicted octanol–water partition coefficient (Wildman–Crippen LogP) is 1.29. The minimum Gasteiger partial charge on any atom is -0.337 e. The molecule has 1 atom stereocenters. The first-order chi connectivity index (χ1) is 7.18. The maximum Gasteiger partial charge on any atom is 0.272 e. The minimum absolute atomic E-state index is 0.113. The van der Waals surface area contributed by atoms with Gasteiger partial charge in [-0.15, -0.1) is 0 Å². The van der Waals surface area contributed by atoms with Crippen LogP contribution in [-0.4, -0.2) is 33.7 Å². The largest absolute Gasteiger partial charge is 0.337 e. The van der Waals surface area contributed by atoms with Crippen LogP contribution in [0.15, 0.2) is 12.3 Å². The quantitative estimate of drug-likeness (QED) is 0.696. The first-order valence-electron chi connectivity index (χ1n) is 5.46. The highest BCUT2D eigenvalue weighted by atomic mass is 16.2. The van der Waals surface area contributed by atoms with E-state index in [9.17, 15) is 4.79 Å². The highest BCUT2D eigenvalue weighted by molar-refractivity contribution is 5.92. The Kier molecular flexibility index (Phi) is 2.75. The molecule has 0 aromatic carbocycles. The molecule has 0 spiro atoms. The molecule has 82 valence electrons. The molecular weight excluding hydrogens is 190 g/mol. The summed E-state index contributed by atoms with van der Waals surface area (Å²) in [7, 11) is 1.81. The van der Waals surface area contributed by atoms with Crippen molar-refractivity contribution >= 4 is 5.91 Å². The molecule has 2 heterocycles. The van der Waals surface area contributed by atoms with Crippen molar-refractivity contribution in [2.24, 2.45) is 13.0 Å². The summed E-state index contributed by atoms with van der Waals surface area (Å²) in [5.41, 5.74) is 0.684. The highest BCUT2D eigenvalue weighted by Crippen LogP contribution is 2.17. The van der Waals surface area contributed by atoms with Gasteiger partial charge in [-0.25, -0.2) is 0 Å². The molecule has 4 heteroatoms. The number of amides is 1. The highest BCUT2D eigenvalue weighted by Gasteiger charge is 2.23. The average molecular weight is 207 g/mol. The van der Waals surface area contributed by atoms with Crippen LogP contribution in [0.4, 0.5) is 0 Å². The summed E-state index contributed by atoms with van der Waals surface area (Å²) < 4.78 is 1.64. The van der Waals surface area contributed by atoms with Crippen molar-refractivity contribution in [2.75, 3.05) is 13.1 Å². The molecule has 1 aliphatic heterocycles. The average Bonchev–Trinajstić information content (AvgIpc) is 2.63. The second kappa shape index (κ2) is 4.04. The lowest BCUT2D eigenvalue weighted by molar-refractivity contribution is 0.0672. The summed E-state index contributed by atoms with van der Waals surface area (Å²) in [5.74, 6) is 0.734. The van der Waals surface area contributed by atoms with Gasteiger partial charge in [-0.2, -0.15) is 5.10 Å². The van der Waals surface area contributed by atoms with Crippen LogP contribution in [0.2, 0.25) is 0 Å². The molecule has 0 bridgehead atoms. The van der Waals surface area contributed by atoms with Gasteiger partial charge in [0.1, 0.15) is 5.69 Å². The van der Waals surface area contributed by atoms with Gasteiger partial charge in [0.15, 0.2) is 0 Å². The van der Waals surface area contributed by atoms with Crippen molar-refractivity contribution in [1.29, 1.82) is 0 Å². The van der Waals surface area contributed by atoms with Gasteiger partial charge in [-0.1, -0.05) is 6.92 Å². The van der Waals surface area contributed by atoms with E-state index in [1.165, 1.54) is 6.42 Å². The molecule has 1 aromatic heterocycles. The summed E-state index contributed by atoms with van der Waals surface area (Å²) in [5, 5.41) is 4.02. The Hall–Kier alpha value is -1.32. The Morgan fingerprint density at radius 2 is 2.40 bits per heavy atom. The third-order valence-electron chi connectivity index (χ3n) is 2.98. The molecule has 1 amide bonds. The molecule has 0 N–H and O–H groups in total. The predicted molar refractivity (Wildman–Crippen MR) is 57.5 cm³/mol. The lowest BCUT2D eigenvalue weighted by Crippen LogP contribution is -2.39. The van der Waals surface area contributed by atoms with E-state index >= 15 is 0 Å². The van der Waals surface area contributed by atoms with Crippen LogP contribution in [-0.2, 0) is 7.05 Å². The van der Waals surface area contributed by atoms with Crippen LogP contribution < -0.4 is 0 Å². The van der Waals surface area contributed by atoms with Gasteiger partial charge in [0.05, 0.1) is 0 Å². The van der Waals surface area contributed by atoms with E-state index in [1.807, 2.05) is 4.90 Å². The van der Waals surface area contributed by atoms with E-state index in [1.54, 1.807) is 24.0 Å². The first-order valence-corrected chi connectivity index (χ1v) is 5.46. The topological polar surface area (TPSA) is 38.1 Å². The SMILES string of the molecule is CC1CCCN(C(=O)c2ccnn2C)C1. The number of rotatable bonds is 1. The van der Waals surface area contributed by atoms with Gasteiger partial charge >= 0.3 is 0 Å². The Bertz CT molecular complexity index is 358. The lowest BCUT2D eigenvalue weighted by Gasteiger charge is -2.30. The summed E-state index contributed by atoms with van der Waals surface area (Å²) >= 11 is 0. The number of likely N-dealkylation sites (tertiary alicyclic amines) is 1. The number of aryl methyl sites for hydroxylation is 1. The third kappa shape index (κ3) is 2.03. The maximum absolute atomic E-state index is 12.1. The maximum atomic E-state index is 12.1. The molecule has 0 saturated carbocycles. The normalized spacial score (nSPS) is 21.7. The van der Waals surface area contributed by atoms with Gasteiger partial charge in [-0.05, 0) is 24.8 Å². The summed E-state index contributed by atoms with van der Waals surface area (Å²) in [6, 6.07) is 1.78. The molecule has 1 saturated heterocycles. The van der Waals surface area contributed by atoms with E-state index in [2.05, 4.69) is 12.0 Å². The third-order valence-corrected chi connectivity index (χ3v) is 2.98. The van der Waals surface area contributed by atoms with Gasteiger partial charge in [0.2, 0.25) is 0 Å². The van der Waals surface area contributed by atoms with Gasteiger partial charge in [0, 0.05) is 26.3 Å². The molecule has 1 fully saturated rings. The summed E-state index contributed by atoms with van der Waals surface area (Å²) in [6.07, 6.45) is 4.01. The molecular formula is C11H17N3O. The molecule has 0 radical (unpaired) electrons. The number of nitrogens with zero attached hydrogens (tertiary/aromatic N) is 3. The minimum atomic E-state index is 0.113. The number of carbonyl (C=O) groups excluding carboxylic acids is 1. The van der Waals surface area contributed by atoms with E-state index in [-0.39, 0.29) is 5.91 Å². The number of hydrogen-bond donors (Lipinski definition) is 0. The van der Waals surface area contributed by atoms with Crippen molar-refractivity contribution in [1.82, 2.24) is 14.7 Å². The lowest BCUT2D eigenvalue weighted by atomic mass is 10.00. The smallest absolute Gasteiger partial charge is 0.272 e. The summed E-state index contributed by atoms with van der Waals surface area (Å²) in [6.45, 7) is 3.96.